The van der Waals surface area contributed by atoms with Crippen molar-refractivity contribution in [1.82, 2.24) is 0 Å². The van der Waals surface area contributed by atoms with E-state index in [2.05, 4.69) is 0 Å². The van der Waals surface area contributed by atoms with Crippen LogP contribution in [0.5, 0.6) is 0 Å². The fourth-order valence-electron chi connectivity index (χ4n) is 2.40. The Labute approximate surface area is 92.7 Å². The molecule has 76 valence electrons. The maximum Gasteiger partial charge on any atom is 0.0989 e. The fraction of sp³-hybridized carbons (Fsp3) is 0.636. The van der Waals surface area contributed by atoms with Crippen molar-refractivity contribution in [3.05, 3.63) is 21.3 Å². The van der Waals surface area contributed by atoms with Crippen LogP contribution >= 0.6 is 22.9 Å². The third kappa shape index (κ3) is 1.24. The molecule has 0 aromatic carbocycles. The number of rotatable bonds is 3. The second-order valence-corrected chi connectivity index (χ2v) is 6.00. The largest absolute Gasteiger partial charge is 0.384 e. The van der Waals surface area contributed by atoms with E-state index in [1.165, 1.54) is 37.0 Å². The summed E-state index contributed by atoms with van der Waals surface area (Å²) in [5.74, 6) is 0.948. The van der Waals surface area contributed by atoms with Crippen LogP contribution in [0.25, 0.3) is 0 Å². The summed E-state index contributed by atoms with van der Waals surface area (Å²) in [7, 11) is 0. The maximum absolute atomic E-state index is 10.8. The minimum Gasteiger partial charge on any atom is -0.384 e. The molecule has 0 radical (unpaired) electrons. The Kier molecular flexibility index (Phi) is 1.95. The first-order valence-electron chi connectivity index (χ1n) is 5.18. The lowest BCUT2D eigenvalue weighted by molar-refractivity contribution is -0.00970. The molecule has 0 saturated heterocycles. The molecule has 1 aromatic heterocycles. The molecule has 0 bridgehead atoms. The number of hydrogen-bond donors (Lipinski definition) is 1. The first-order valence-corrected chi connectivity index (χ1v) is 6.44. The van der Waals surface area contributed by atoms with Crippen molar-refractivity contribution in [3.63, 3.8) is 0 Å². The van der Waals surface area contributed by atoms with Crippen molar-refractivity contribution in [2.45, 2.75) is 31.3 Å². The highest BCUT2D eigenvalue weighted by Gasteiger charge is 2.55. The van der Waals surface area contributed by atoms with E-state index >= 15 is 0 Å². The Morgan fingerprint density at radius 1 is 1.29 bits per heavy atom. The lowest BCUT2D eigenvalue weighted by Gasteiger charge is -2.28. The second-order valence-electron chi connectivity index (χ2n) is 4.48. The monoisotopic (exact) mass is 228 g/mol. The Hall–Kier alpha value is -0.0500. The molecular weight excluding hydrogens is 216 g/mol. The summed E-state index contributed by atoms with van der Waals surface area (Å²) in [6, 6.07) is 2.00. The van der Waals surface area contributed by atoms with Crippen LogP contribution in [0.3, 0.4) is 0 Å². The predicted octanol–water partition coefficient (Wildman–Crippen LogP) is 3.41. The van der Waals surface area contributed by atoms with Crippen LogP contribution in [0, 0.1) is 11.8 Å². The molecule has 2 saturated carbocycles. The highest BCUT2D eigenvalue weighted by Crippen LogP contribution is 2.58. The molecule has 2 aliphatic rings. The van der Waals surface area contributed by atoms with E-state index in [-0.39, 0.29) is 0 Å². The summed E-state index contributed by atoms with van der Waals surface area (Å²) in [6.07, 6.45) is 4.66. The normalized spacial score (nSPS) is 22.7. The van der Waals surface area contributed by atoms with Crippen LogP contribution in [0.1, 0.15) is 31.2 Å². The smallest absolute Gasteiger partial charge is 0.0989 e. The molecule has 3 heteroatoms. The molecule has 0 spiro atoms. The fourth-order valence-corrected chi connectivity index (χ4v) is 3.45. The summed E-state index contributed by atoms with van der Waals surface area (Å²) < 4.78 is 0.784. The summed E-state index contributed by atoms with van der Waals surface area (Å²) >= 11 is 7.65. The highest BCUT2D eigenvalue weighted by atomic mass is 35.5. The molecule has 1 aromatic rings. The van der Waals surface area contributed by atoms with Crippen molar-refractivity contribution in [1.29, 1.82) is 0 Å². The lowest BCUT2D eigenvalue weighted by Crippen LogP contribution is -2.30. The summed E-state index contributed by atoms with van der Waals surface area (Å²) in [6.45, 7) is 0. The van der Waals surface area contributed by atoms with Crippen molar-refractivity contribution in [2.75, 3.05) is 0 Å². The van der Waals surface area contributed by atoms with Gasteiger partial charge in [0.05, 0.1) is 9.94 Å². The van der Waals surface area contributed by atoms with E-state index in [4.69, 9.17) is 11.6 Å². The lowest BCUT2D eigenvalue weighted by atomic mass is 9.86. The van der Waals surface area contributed by atoms with Crippen molar-refractivity contribution in [2.24, 2.45) is 11.8 Å². The maximum atomic E-state index is 10.8. The molecule has 0 atom stereocenters. The zero-order valence-corrected chi connectivity index (χ0v) is 9.44. The summed E-state index contributed by atoms with van der Waals surface area (Å²) in [5.41, 5.74) is 0.408. The van der Waals surface area contributed by atoms with Gasteiger partial charge in [0.15, 0.2) is 0 Å². The minimum atomic E-state index is -0.586. The van der Waals surface area contributed by atoms with Gasteiger partial charge in [-0.05, 0) is 49.0 Å². The molecule has 2 aliphatic carbocycles. The zero-order valence-electron chi connectivity index (χ0n) is 7.87. The van der Waals surface area contributed by atoms with E-state index in [0.29, 0.717) is 11.8 Å². The Bertz CT molecular complexity index is 340. The van der Waals surface area contributed by atoms with Gasteiger partial charge in [-0.25, -0.2) is 0 Å². The average Bonchev–Trinajstić information content (AvgIpc) is 3.00. The molecule has 3 rings (SSSR count). The van der Waals surface area contributed by atoms with Crippen molar-refractivity contribution >= 4 is 22.9 Å². The first kappa shape index (κ1) is 9.20. The molecule has 1 nitrogen and oxygen atoms in total. The van der Waals surface area contributed by atoms with Gasteiger partial charge in [-0.15, -0.1) is 11.3 Å². The molecule has 0 aliphatic heterocycles. The van der Waals surface area contributed by atoms with Crippen LogP contribution in [0.4, 0.5) is 0 Å². The highest BCUT2D eigenvalue weighted by molar-refractivity contribution is 7.14. The number of hydrogen-bond acceptors (Lipinski definition) is 2. The number of halogens is 1. The van der Waals surface area contributed by atoms with Gasteiger partial charge in [-0.1, -0.05) is 11.6 Å². The van der Waals surface area contributed by atoms with Crippen molar-refractivity contribution in [3.8, 4) is 0 Å². The van der Waals surface area contributed by atoms with Crippen LogP contribution in [0.2, 0.25) is 4.34 Å². The van der Waals surface area contributed by atoms with Gasteiger partial charge in [0, 0.05) is 5.56 Å². The quantitative estimate of drug-likeness (QED) is 0.841. The van der Waals surface area contributed by atoms with E-state index in [1.807, 2.05) is 11.4 Å². The molecular formula is C11H13ClOS. The van der Waals surface area contributed by atoms with Crippen LogP contribution in [-0.4, -0.2) is 5.11 Å². The van der Waals surface area contributed by atoms with Gasteiger partial charge >= 0.3 is 0 Å². The standard InChI is InChI=1S/C11H13ClOS/c12-10-9(5-6-14-10)11(13,7-1-2-7)8-3-4-8/h5-8,13H,1-4H2. The second kappa shape index (κ2) is 2.97. The third-order valence-electron chi connectivity index (χ3n) is 3.45. The van der Waals surface area contributed by atoms with Gasteiger partial charge in [0.1, 0.15) is 0 Å². The van der Waals surface area contributed by atoms with Gasteiger partial charge in [0.25, 0.3) is 0 Å². The van der Waals surface area contributed by atoms with E-state index < -0.39 is 5.60 Å². The zero-order chi connectivity index (χ0) is 9.76. The van der Waals surface area contributed by atoms with Gasteiger partial charge in [0.2, 0.25) is 0 Å². The minimum absolute atomic E-state index is 0.474. The summed E-state index contributed by atoms with van der Waals surface area (Å²) in [5, 5.41) is 12.7. The van der Waals surface area contributed by atoms with Gasteiger partial charge < -0.3 is 5.11 Å². The Morgan fingerprint density at radius 2 is 1.86 bits per heavy atom. The molecule has 0 unspecified atom stereocenters. The predicted molar refractivity (Wildman–Crippen MR) is 58.7 cm³/mol. The SMILES string of the molecule is OC(c1ccsc1Cl)(C1CC1)C1CC1. The Morgan fingerprint density at radius 3 is 2.21 bits per heavy atom. The Balaban J connectivity index is 2.02. The van der Waals surface area contributed by atoms with E-state index in [1.54, 1.807) is 0 Å². The molecule has 14 heavy (non-hydrogen) atoms. The van der Waals surface area contributed by atoms with E-state index in [9.17, 15) is 5.11 Å². The van der Waals surface area contributed by atoms with Crippen LogP contribution in [0.15, 0.2) is 11.4 Å². The molecule has 1 N–H and O–H groups in total. The third-order valence-corrected chi connectivity index (χ3v) is 4.62. The van der Waals surface area contributed by atoms with Crippen LogP contribution < -0.4 is 0 Å². The van der Waals surface area contributed by atoms with E-state index in [0.717, 1.165) is 9.90 Å². The number of aliphatic hydroxyl groups is 1. The topological polar surface area (TPSA) is 20.2 Å². The van der Waals surface area contributed by atoms with Crippen molar-refractivity contribution < 1.29 is 5.11 Å². The first-order chi connectivity index (χ1) is 6.73. The number of thiophene rings is 1. The molecule has 0 amide bonds. The molecule has 1 heterocycles. The summed E-state index contributed by atoms with van der Waals surface area (Å²) in [4.78, 5) is 0. The van der Waals surface area contributed by atoms with Crippen LogP contribution in [-0.2, 0) is 5.60 Å². The average molecular weight is 229 g/mol. The van der Waals surface area contributed by atoms with Gasteiger partial charge in [-0.2, -0.15) is 0 Å². The van der Waals surface area contributed by atoms with Gasteiger partial charge in [-0.3, -0.25) is 0 Å². The molecule has 2 fully saturated rings.